The predicted octanol–water partition coefficient (Wildman–Crippen LogP) is 5.53. The van der Waals surface area contributed by atoms with Crippen LogP contribution in [-0.2, 0) is 20.2 Å². The molecule has 4 aromatic rings. The molecule has 0 aliphatic carbocycles. The molecule has 0 spiro atoms. The van der Waals surface area contributed by atoms with Crippen LogP contribution >= 0.6 is 0 Å². The number of rotatable bonds is 6. The average Bonchev–Trinajstić information content (AvgIpc) is 2.76. The van der Waals surface area contributed by atoms with Gasteiger partial charge >= 0.3 is 0 Å². The number of hydrogen-bond acceptors (Lipinski definition) is 6. The Hall–Kier alpha value is -3.44. The fourth-order valence-electron chi connectivity index (χ4n) is 3.32. The largest absolute Gasteiger partial charge is 0.457 e. The Bertz CT molecular complexity index is 1590. The smallest absolute Gasteiger partial charge is 0.298 e. The number of aryl methyl sites for hydroxylation is 2. The van der Waals surface area contributed by atoms with Gasteiger partial charge in [0, 0.05) is 16.8 Å². The zero-order valence-corrected chi connectivity index (χ0v) is 19.7. The second kappa shape index (κ2) is 8.73. The highest BCUT2D eigenvalue weighted by atomic mass is 32.2. The van der Waals surface area contributed by atoms with Gasteiger partial charge in [0.1, 0.15) is 22.1 Å². The molecule has 4 aromatic carbocycles. The summed E-state index contributed by atoms with van der Waals surface area (Å²) in [5.41, 5.74) is 1.91. The van der Waals surface area contributed by atoms with E-state index in [0.29, 0.717) is 11.5 Å². The van der Waals surface area contributed by atoms with Crippen molar-refractivity contribution in [1.29, 1.82) is 0 Å². The lowest BCUT2D eigenvalue weighted by Crippen LogP contribution is -2.04. The second-order valence-electron chi connectivity index (χ2n) is 7.69. The van der Waals surface area contributed by atoms with Gasteiger partial charge in [-0.1, -0.05) is 35.4 Å². The van der Waals surface area contributed by atoms with Crippen molar-refractivity contribution in [2.75, 3.05) is 0 Å². The van der Waals surface area contributed by atoms with Gasteiger partial charge in [0.05, 0.1) is 4.90 Å². The predicted molar refractivity (Wildman–Crippen MR) is 126 cm³/mol. The molecule has 0 aromatic heterocycles. The van der Waals surface area contributed by atoms with Gasteiger partial charge in [-0.2, -0.15) is 16.8 Å². The highest BCUT2D eigenvalue weighted by Gasteiger charge is 2.25. The quantitative estimate of drug-likeness (QED) is 0.331. The van der Waals surface area contributed by atoms with Crippen molar-refractivity contribution in [3.63, 3.8) is 0 Å². The Morgan fingerprint density at radius 3 is 1.65 bits per heavy atom. The lowest BCUT2D eigenvalue weighted by molar-refractivity contribution is 0.447. The summed E-state index contributed by atoms with van der Waals surface area (Å²) in [7, 11) is -9.35. The van der Waals surface area contributed by atoms with Gasteiger partial charge in [0.2, 0.25) is 0 Å². The van der Waals surface area contributed by atoms with Crippen LogP contribution in [-0.4, -0.2) is 25.9 Å². The maximum Gasteiger partial charge on any atom is 0.298 e. The van der Waals surface area contributed by atoms with Crippen molar-refractivity contribution in [3.8, 4) is 23.0 Å². The molecule has 4 rings (SSSR count). The summed E-state index contributed by atoms with van der Waals surface area (Å²) in [5.74, 6) is 0.355. The molecule has 0 aliphatic heterocycles. The molecule has 34 heavy (non-hydrogen) atoms. The first kappa shape index (κ1) is 23.7. The number of benzene rings is 4. The van der Waals surface area contributed by atoms with E-state index in [1.54, 1.807) is 48.5 Å². The molecule has 0 unspecified atom stereocenters. The second-order valence-corrected chi connectivity index (χ2v) is 10.5. The molecule has 0 radical (unpaired) electrons. The molecule has 2 N–H and O–H groups in total. The highest BCUT2D eigenvalue weighted by molar-refractivity contribution is 7.86. The first-order chi connectivity index (χ1) is 15.9. The van der Waals surface area contributed by atoms with Gasteiger partial charge in [-0.05, 0) is 56.3 Å². The fraction of sp³-hybridized carbons (Fsp3) is 0.0833. The van der Waals surface area contributed by atoms with Crippen LogP contribution in [0.25, 0.3) is 10.8 Å². The normalized spacial score (nSPS) is 12.0. The minimum absolute atomic E-state index is 0.0618. The highest BCUT2D eigenvalue weighted by Crippen LogP contribution is 2.43. The Labute approximate surface area is 196 Å². The number of fused-ring (bicyclic) bond motifs is 1. The molecule has 0 bridgehead atoms. The Kier molecular flexibility index (Phi) is 6.09. The molecule has 8 nitrogen and oxygen atoms in total. The molecular formula is C24H20O8S2. The summed E-state index contributed by atoms with van der Waals surface area (Å²) in [6, 6.07) is 18.2. The van der Waals surface area contributed by atoms with Crippen LogP contribution in [0.15, 0.2) is 82.6 Å². The lowest BCUT2D eigenvalue weighted by Gasteiger charge is -2.17. The van der Waals surface area contributed by atoms with Crippen molar-refractivity contribution >= 4 is 31.0 Å². The number of hydrogen-bond donors (Lipinski definition) is 2. The van der Waals surface area contributed by atoms with Crippen LogP contribution in [0.2, 0.25) is 0 Å². The monoisotopic (exact) mass is 500 g/mol. The molecule has 0 saturated carbocycles. The first-order valence-corrected chi connectivity index (χ1v) is 12.8. The molecule has 10 heteroatoms. The van der Waals surface area contributed by atoms with E-state index < -0.39 is 30.0 Å². The van der Waals surface area contributed by atoms with E-state index in [4.69, 9.17) is 9.47 Å². The summed E-state index contributed by atoms with van der Waals surface area (Å²) in [4.78, 5) is -0.989. The molecule has 0 atom stereocenters. The van der Waals surface area contributed by atoms with Gasteiger partial charge in [-0.3, -0.25) is 9.11 Å². The maximum atomic E-state index is 12.3. The maximum absolute atomic E-state index is 12.3. The van der Waals surface area contributed by atoms with E-state index in [2.05, 4.69) is 0 Å². The molecule has 0 saturated heterocycles. The fourth-order valence-corrected chi connectivity index (χ4v) is 4.47. The molecular weight excluding hydrogens is 480 g/mol. The van der Waals surface area contributed by atoms with Crippen LogP contribution in [0.5, 0.6) is 23.0 Å². The first-order valence-electron chi connectivity index (χ1n) is 9.96. The Morgan fingerprint density at radius 1 is 0.618 bits per heavy atom. The van der Waals surface area contributed by atoms with Crippen molar-refractivity contribution in [2.45, 2.75) is 23.6 Å². The minimum atomic E-state index is -4.79. The zero-order chi connectivity index (χ0) is 24.7. The molecule has 0 aliphatic rings. The van der Waals surface area contributed by atoms with Crippen LogP contribution in [0.3, 0.4) is 0 Å². The minimum Gasteiger partial charge on any atom is -0.457 e. The van der Waals surface area contributed by atoms with Crippen LogP contribution in [0.1, 0.15) is 11.1 Å². The molecule has 0 amide bonds. The van der Waals surface area contributed by atoms with E-state index in [1.165, 1.54) is 6.07 Å². The molecule has 0 fully saturated rings. The van der Waals surface area contributed by atoms with Crippen LogP contribution < -0.4 is 9.47 Å². The third kappa shape index (κ3) is 5.05. The third-order valence-electron chi connectivity index (χ3n) is 5.05. The zero-order valence-electron chi connectivity index (χ0n) is 18.1. The van der Waals surface area contributed by atoms with Crippen molar-refractivity contribution in [3.05, 3.63) is 83.9 Å². The van der Waals surface area contributed by atoms with E-state index >= 15 is 0 Å². The van der Waals surface area contributed by atoms with E-state index in [0.717, 1.165) is 29.3 Å². The topological polar surface area (TPSA) is 127 Å². The SMILES string of the molecule is Cc1ccc(Oc2cc(S(=O)(=O)O)c(Oc3ccc(C)cc3)c3ccc(S(=O)(=O)O)cc23)cc1. The van der Waals surface area contributed by atoms with Crippen LogP contribution in [0.4, 0.5) is 0 Å². The van der Waals surface area contributed by atoms with Gasteiger partial charge in [0.15, 0.2) is 5.75 Å². The molecule has 0 heterocycles. The lowest BCUT2D eigenvalue weighted by atomic mass is 10.1. The summed E-state index contributed by atoms with van der Waals surface area (Å²) < 4.78 is 79.3. The van der Waals surface area contributed by atoms with Crippen molar-refractivity contribution in [2.24, 2.45) is 0 Å². The van der Waals surface area contributed by atoms with Gasteiger partial charge < -0.3 is 9.47 Å². The van der Waals surface area contributed by atoms with Gasteiger partial charge in [-0.15, -0.1) is 0 Å². The van der Waals surface area contributed by atoms with Crippen molar-refractivity contribution < 1.29 is 35.4 Å². The third-order valence-corrected chi connectivity index (χ3v) is 6.76. The summed E-state index contributed by atoms with van der Waals surface area (Å²) in [5, 5.41) is 0.287. The summed E-state index contributed by atoms with van der Waals surface area (Å²) in [6.07, 6.45) is 0. The van der Waals surface area contributed by atoms with E-state index in [-0.39, 0.29) is 22.3 Å². The van der Waals surface area contributed by atoms with E-state index in [9.17, 15) is 25.9 Å². The number of ether oxygens (including phenoxy) is 2. The van der Waals surface area contributed by atoms with Gasteiger partial charge in [-0.25, -0.2) is 0 Å². The van der Waals surface area contributed by atoms with E-state index in [1.807, 2.05) is 13.8 Å². The Balaban J connectivity index is 2.01. The summed E-state index contributed by atoms with van der Waals surface area (Å²) >= 11 is 0. The standard InChI is InChI=1S/C24H20O8S2/c1-15-3-7-17(8-4-15)31-22-14-23(34(28,29)30)24(32-18-9-5-16(2)6-10-18)20-12-11-19(13-21(20)22)33(25,26)27/h3-14H,1-2H3,(H,25,26,27)(H,28,29,30). The van der Waals surface area contributed by atoms with Gasteiger partial charge in [0.25, 0.3) is 20.2 Å². The molecule has 176 valence electrons. The van der Waals surface area contributed by atoms with Crippen LogP contribution in [0, 0.1) is 13.8 Å². The summed E-state index contributed by atoms with van der Waals surface area (Å²) in [6.45, 7) is 3.75. The van der Waals surface area contributed by atoms with Crippen molar-refractivity contribution in [1.82, 2.24) is 0 Å². The Morgan fingerprint density at radius 2 is 1.15 bits per heavy atom. The average molecular weight is 501 g/mol.